The second-order valence-electron chi connectivity index (χ2n) is 6.81. The molecule has 0 saturated heterocycles. The standard InChI is InChI=1S/C22H27NO2/c1-3-5-8-16-11-13-17(14-12-16)22(25)23(4-2)21-19-10-7-6-9-18(19)15-20(21)24/h6-7,9-14,20-21,24H,3-5,8,15H2,1-2H3. The minimum Gasteiger partial charge on any atom is -0.390 e. The Hall–Kier alpha value is -2.13. The van der Waals surface area contributed by atoms with Gasteiger partial charge in [0.1, 0.15) is 0 Å². The molecule has 1 amide bonds. The Bertz CT molecular complexity index is 723. The average Bonchev–Trinajstić information content (AvgIpc) is 2.97. The maximum atomic E-state index is 13.1. The second kappa shape index (κ2) is 7.83. The van der Waals surface area contributed by atoms with Crippen LogP contribution in [0, 0.1) is 0 Å². The summed E-state index contributed by atoms with van der Waals surface area (Å²) in [5, 5.41) is 10.6. The normalized spacial score (nSPS) is 18.8. The van der Waals surface area contributed by atoms with Crippen molar-refractivity contribution >= 4 is 5.91 Å². The number of aliphatic hydroxyl groups excluding tert-OH is 1. The van der Waals surface area contributed by atoms with E-state index in [-0.39, 0.29) is 11.9 Å². The minimum atomic E-state index is -0.537. The largest absolute Gasteiger partial charge is 0.390 e. The van der Waals surface area contributed by atoms with E-state index in [4.69, 9.17) is 0 Å². The van der Waals surface area contributed by atoms with Gasteiger partial charge in [-0.1, -0.05) is 49.7 Å². The van der Waals surface area contributed by atoms with Crippen LogP contribution in [-0.2, 0) is 12.8 Å². The summed E-state index contributed by atoms with van der Waals surface area (Å²) in [6.07, 6.45) is 3.46. The van der Waals surface area contributed by atoms with Crippen LogP contribution in [0.1, 0.15) is 59.8 Å². The number of aryl methyl sites for hydroxylation is 1. The lowest BCUT2D eigenvalue weighted by atomic mass is 10.0. The third-order valence-corrected chi connectivity index (χ3v) is 5.12. The summed E-state index contributed by atoms with van der Waals surface area (Å²) in [5.74, 6) is -0.00899. The summed E-state index contributed by atoms with van der Waals surface area (Å²) < 4.78 is 0. The number of hydrogen-bond donors (Lipinski definition) is 1. The van der Waals surface area contributed by atoms with Gasteiger partial charge in [-0.25, -0.2) is 0 Å². The van der Waals surface area contributed by atoms with E-state index in [0.29, 0.717) is 18.5 Å². The quantitative estimate of drug-likeness (QED) is 0.860. The molecule has 1 N–H and O–H groups in total. The van der Waals surface area contributed by atoms with E-state index in [1.165, 1.54) is 18.4 Å². The van der Waals surface area contributed by atoms with E-state index >= 15 is 0 Å². The lowest BCUT2D eigenvalue weighted by molar-refractivity contribution is 0.0430. The molecule has 3 rings (SSSR count). The Morgan fingerprint density at radius 2 is 1.84 bits per heavy atom. The smallest absolute Gasteiger partial charge is 0.254 e. The SMILES string of the molecule is CCCCc1ccc(C(=O)N(CC)C2c3ccccc3CC2O)cc1. The molecule has 2 aromatic carbocycles. The number of fused-ring (bicyclic) bond motifs is 1. The molecule has 1 aliphatic rings. The first-order chi connectivity index (χ1) is 12.2. The molecule has 1 aliphatic carbocycles. The lowest BCUT2D eigenvalue weighted by Crippen LogP contribution is -2.39. The van der Waals surface area contributed by atoms with Crippen molar-refractivity contribution < 1.29 is 9.90 Å². The third kappa shape index (κ3) is 3.62. The van der Waals surface area contributed by atoms with Crippen LogP contribution in [-0.4, -0.2) is 28.6 Å². The van der Waals surface area contributed by atoms with Crippen molar-refractivity contribution in [3.8, 4) is 0 Å². The third-order valence-electron chi connectivity index (χ3n) is 5.12. The molecule has 132 valence electrons. The van der Waals surface area contributed by atoms with Crippen molar-refractivity contribution in [3.05, 3.63) is 70.8 Å². The molecule has 0 aromatic heterocycles. The van der Waals surface area contributed by atoms with Gasteiger partial charge >= 0.3 is 0 Å². The van der Waals surface area contributed by atoms with E-state index in [1.54, 1.807) is 4.90 Å². The van der Waals surface area contributed by atoms with E-state index in [0.717, 1.165) is 17.5 Å². The van der Waals surface area contributed by atoms with Gasteiger partial charge in [0, 0.05) is 18.5 Å². The number of carbonyl (C=O) groups excluding carboxylic acids is 1. The van der Waals surface area contributed by atoms with Crippen LogP contribution in [0.25, 0.3) is 0 Å². The van der Waals surface area contributed by atoms with Crippen LogP contribution in [0.3, 0.4) is 0 Å². The zero-order chi connectivity index (χ0) is 17.8. The molecule has 0 bridgehead atoms. The van der Waals surface area contributed by atoms with E-state index < -0.39 is 6.10 Å². The molecular weight excluding hydrogens is 310 g/mol. The van der Waals surface area contributed by atoms with Crippen molar-refractivity contribution in [1.82, 2.24) is 4.90 Å². The molecule has 2 aromatic rings. The van der Waals surface area contributed by atoms with Crippen LogP contribution >= 0.6 is 0 Å². The fourth-order valence-electron chi connectivity index (χ4n) is 3.76. The molecule has 3 heteroatoms. The van der Waals surface area contributed by atoms with E-state index in [2.05, 4.69) is 19.1 Å². The zero-order valence-electron chi connectivity index (χ0n) is 15.1. The monoisotopic (exact) mass is 337 g/mol. The Morgan fingerprint density at radius 3 is 2.52 bits per heavy atom. The fraction of sp³-hybridized carbons (Fsp3) is 0.409. The first-order valence-electron chi connectivity index (χ1n) is 9.31. The summed E-state index contributed by atoms with van der Waals surface area (Å²) in [5.41, 5.74) is 4.18. The van der Waals surface area contributed by atoms with Crippen LogP contribution < -0.4 is 0 Å². The highest BCUT2D eigenvalue weighted by Crippen LogP contribution is 2.36. The van der Waals surface area contributed by atoms with Crippen molar-refractivity contribution in [3.63, 3.8) is 0 Å². The summed E-state index contributed by atoms with van der Waals surface area (Å²) in [7, 11) is 0. The molecule has 0 spiro atoms. The number of benzene rings is 2. The topological polar surface area (TPSA) is 40.5 Å². The number of likely N-dealkylation sites (N-methyl/N-ethyl adjacent to an activating group) is 1. The van der Waals surface area contributed by atoms with Crippen LogP contribution in [0.5, 0.6) is 0 Å². The molecule has 0 radical (unpaired) electrons. The Labute approximate surface area is 150 Å². The van der Waals surface area contributed by atoms with Gasteiger partial charge in [-0.05, 0) is 48.6 Å². The van der Waals surface area contributed by atoms with Gasteiger partial charge in [-0.2, -0.15) is 0 Å². The maximum Gasteiger partial charge on any atom is 0.254 e. The van der Waals surface area contributed by atoms with Gasteiger partial charge in [-0.15, -0.1) is 0 Å². The van der Waals surface area contributed by atoms with Gasteiger partial charge in [0.25, 0.3) is 5.91 Å². The number of carbonyl (C=O) groups is 1. The molecule has 0 saturated carbocycles. The van der Waals surface area contributed by atoms with Crippen molar-refractivity contribution in [2.45, 2.75) is 51.7 Å². The first kappa shape index (κ1) is 17.7. The van der Waals surface area contributed by atoms with Gasteiger partial charge in [0.05, 0.1) is 12.1 Å². The highest BCUT2D eigenvalue weighted by Gasteiger charge is 2.37. The number of hydrogen-bond acceptors (Lipinski definition) is 2. The number of unbranched alkanes of at least 4 members (excludes halogenated alkanes) is 1. The van der Waals surface area contributed by atoms with E-state index in [9.17, 15) is 9.90 Å². The Kier molecular flexibility index (Phi) is 5.54. The number of nitrogens with zero attached hydrogens (tertiary/aromatic N) is 1. The predicted molar refractivity (Wildman–Crippen MR) is 101 cm³/mol. The second-order valence-corrected chi connectivity index (χ2v) is 6.81. The molecule has 2 unspecified atom stereocenters. The molecule has 0 aliphatic heterocycles. The summed E-state index contributed by atoms with van der Waals surface area (Å²) >= 11 is 0. The summed E-state index contributed by atoms with van der Waals surface area (Å²) in [6.45, 7) is 4.73. The van der Waals surface area contributed by atoms with Crippen molar-refractivity contribution in [1.29, 1.82) is 0 Å². The number of aliphatic hydroxyl groups is 1. The fourth-order valence-corrected chi connectivity index (χ4v) is 3.76. The maximum absolute atomic E-state index is 13.1. The van der Waals surface area contributed by atoms with Crippen LogP contribution in [0.2, 0.25) is 0 Å². The Balaban J connectivity index is 1.82. The van der Waals surface area contributed by atoms with Gasteiger partial charge in [0.2, 0.25) is 0 Å². The molecule has 3 nitrogen and oxygen atoms in total. The highest BCUT2D eigenvalue weighted by molar-refractivity contribution is 5.94. The molecular formula is C22H27NO2. The molecule has 25 heavy (non-hydrogen) atoms. The Morgan fingerprint density at radius 1 is 1.12 bits per heavy atom. The lowest BCUT2D eigenvalue weighted by Gasteiger charge is -2.31. The van der Waals surface area contributed by atoms with Gasteiger partial charge < -0.3 is 10.0 Å². The number of rotatable bonds is 6. The average molecular weight is 337 g/mol. The summed E-state index contributed by atoms with van der Waals surface area (Å²) in [4.78, 5) is 14.9. The minimum absolute atomic E-state index is 0.00899. The first-order valence-corrected chi connectivity index (χ1v) is 9.31. The molecule has 2 atom stereocenters. The highest BCUT2D eigenvalue weighted by atomic mass is 16.3. The van der Waals surface area contributed by atoms with E-state index in [1.807, 2.05) is 43.3 Å². The van der Waals surface area contributed by atoms with Gasteiger partial charge in [-0.3, -0.25) is 4.79 Å². The predicted octanol–water partition coefficient (Wildman–Crippen LogP) is 4.15. The van der Waals surface area contributed by atoms with Crippen molar-refractivity contribution in [2.24, 2.45) is 0 Å². The molecule has 0 fully saturated rings. The van der Waals surface area contributed by atoms with Crippen LogP contribution in [0.4, 0.5) is 0 Å². The van der Waals surface area contributed by atoms with Gasteiger partial charge in [0.15, 0.2) is 0 Å². The zero-order valence-corrected chi connectivity index (χ0v) is 15.1. The molecule has 0 heterocycles. The van der Waals surface area contributed by atoms with Crippen LogP contribution in [0.15, 0.2) is 48.5 Å². The number of amides is 1. The summed E-state index contributed by atoms with van der Waals surface area (Å²) in [6, 6.07) is 15.7. The van der Waals surface area contributed by atoms with Crippen molar-refractivity contribution in [2.75, 3.05) is 6.54 Å².